The molecule has 1 amide bonds. The summed E-state index contributed by atoms with van der Waals surface area (Å²) in [5, 5.41) is 5.24. The molecule has 0 spiro atoms. The molecule has 1 aromatic carbocycles. The van der Waals surface area contributed by atoms with Crippen molar-refractivity contribution in [3.63, 3.8) is 0 Å². The van der Waals surface area contributed by atoms with Crippen molar-refractivity contribution in [1.29, 1.82) is 0 Å². The monoisotopic (exact) mass is 307 g/mol. The van der Waals surface area contributed by atoms with E-state index in [1.165, 1.54) is 6.33 Å². The third kappa shape index (κ3) is 2.67. The zero-order valence-corrected chi connectivity index (χ0v) is 12.7. The molecule has 1 atom stereocenters. The van der Waals surface area contributed by atoms with Crippen LogP contribution in [0.3, 0.4) is 0 Å². The molecule has 4 rings (SSSR count). The van der Waals surface area contributed by atoms with Crippen molar-refractivity contribution in [1.82, 2.24) is 24.6 Å². The smallest absolute Gasteiger partial charge is 0.227 e. The molecule has 0 N–H and O–H groups in total. The molecule has 0 aliphatic carbocycles. The van der Waals surface area contributed by atoms with Gasteiger partial charge in [0, 0.05) is 24.7 Å². The molecule has 0 bridgehead atoms. The first-order valence-corrected chi connectivity index (χ1v) is 7.76. The summed E-state index contributed by atoms with van der Waals surface area (Å²) in [6, 6.07) is 10.1. The van der Waals surface area contributed by atoms with Crippen LogP contribution >= 0.6 is 0 Å². The van der Waals surface area contributed by atoms with E-state index < -0.39 is 0 Å². The van der Waals surface area contributed by atoms with E-state index in [0.717, 1.165) is 29.4 Å². The van der Waals surface area contributed by atoms with Crippen molar-refractivity contribution >= 4 is 16.8 Å². The molecule has 6 nitrogen and oxygen atoms in total. The molecule has 1 saturated heterocycles. The number of carbonyl (C=O) groups excluding carboxylic acids is 1. The van der Waals surface area contributed by atoms with Gasteiger partial charge in [-0.3, -0.25) is 9.78 Å². The Hall–Kier alpha value is -2.76. The number of benzene rings is 1. The van der Waals surface area contributed by atoms with E-state index in [9.17, 15) is 4.79 Å². The number of likely N-dealkylation sites (tertiary alicyclic amines) is 1. The van der Waals surface area contributed by atoms with Crippen LogP contribution in [0.15, 0.2) is 49.2 Å². The minimum atomic E-state index is 0.144. The topological polar surface area (TPSA) is 63.9 Å². The van der Waals surface area contributed by atoms with Crippen molar-refractivity contribution in [3.05, 3.63) is 54.7 Å². The standard InChI is InChI=1S/C17H17N5O/c23-16(21-8-6-15(10-21)22-12-18-11-20-22)9-14-4-1-3-13-5-2-7-19-17(13)14/h1-5,7,11-12,15H,6,8-10H2. The fourth-order valence-electron chi connectivity index (χ4n) is 3.17. The molecule has 1 aliphatic rings. The lowest BCUT2D eigenvalue weighted by Crippen LogP contribution is -2.30. The third-order valence-electron chi connectivity index (χ3n) is 4.38. The van der Waals surface area contributed by atoms with E-state index in [1.807, 2.05) is 39.9 Å². The lowest BCUT2D eigenvalue weighted by Gasteiger charge is -2.17. The van der Waals surface area contributed by atoms with Gasteiger partial charge in [0.05, 0.1) is 18.0 Å². The molecule has 1 aliphatic heterocycles. The molecule has 3 aromatic rings. The summed E-state index contributed by atoms with van der Waals surface area (Å²) in [6.45, 7) is 1.46. The molecular formula is C17H17N5O. The maximum absolute atomic E-state index is 12.6. The predicted molar refractivity (Wildman–Crippen MR) is 85.7 cm³/mol. The number of fused-ring (bicyclic) bond motifs is 1. The summed E-state index contributed by atoms with van der Waals surface area (Å²) in [4.78, 5) is 22.9. The number of aromatic nitrogens is 4. The Bertz CT molecular complexity index is 825. The first-order chi connectivity index (χ1) is 11.3. The average Bonchev–Trinajstić information content (AvgIpc) is 3.26. The van der Waals surface area contributed by atoms with E-state index >= 15 is 0 Å². The van der Waals surface area contributed by atoms with Crippen LogP contribution in [-0.4, -0.2) is 43.6 Å². The lowest BCUT2D eigenvalue weighted by molar-refractivity contribution is -0.129. The Kier molecular flexibility index (Phi) is 3.49. The Labute approximate surface area is 133 Å². The lowest BCUT2D eigenvalue weighted by atomic mass is 10.1. The van der Waals surface area contributed by atoms with Crippen LogP contribution in [0.2, 0.25) is 0 Å². The maximum atomic E-state index is 12.6. The Balaban J connectivity index is 1.50. The van der Waals surface area contributed by atoms with E-state index in [-0.39, 0.29) is 11.9 Å². The molecule has 0 saturated carbocycles. The molecule has 3 heterocycles. The van der Waals surface area contributed by atoms with Gasteiger partial charge >= 0.3 is 0 Å². The second kappa shape index (κ2) is 5.79. The number of para-hydroxylation sites is 1. The number of carbonyl (C=O) groups is 1. The number of hydrogen-bond donors (Lipinski definition) is 0. The van der Waals surface area contributed by atoms with Crippen LogP contribution in [0, 0.1) is 0 Å². The van der Waals surface area contributed by atoms with E-state index in [0.29, 0.717) is 13.0 Å². The number of hydrogen-bond acceptors (Lipinski definition) is 4. The highest BCUT2D eigenvalue weighted by Gasteiger charge is 2.28. The van der Waals surface area contributed by atoms with Gasteiger partial charge in [0.25, 0.3) is 0 Å². The number of rotatable bonds is 3. The fraction of sp³-hybridized carbons (Fsp3) is 0.294. The quantitative estimate of drug-likeness (QED) is 0.740. The van der Waals surface area contributed by atoms with Gasteiger partial charge in [0.2, 0.25) is 5.91 Å². The Morgan fingerprint density at radius 3 is 3.04 bits per heavy atom. The molecule has 6 heteroatoms. The van der Waals surface area contributed by atoms with Crippen LogP contribution in [0.25, 0.3) is 10.9 Å². The van der Waals surface area contributed by atoms with E-state index in [2.05, 4.69) is 15.1 Å². The second-order valence-corrected chi connectivity index (χ2v) is 5.83. The van der Waals surface area contributed by atoms with Crippen LogP contribution in [0.1, 0.15) is 18.0 Å². The normalized spacial score (nSPS) is 17.7. The van der Waals surface area contributed by atoms with Crippen molar-refractivity contribution in [2.45, 2.75) is 18.9 Å². The molecule has 2 aromatic heterocycles. The van der Waals surface area contributed by atoms with Crippen molar-refractivity contribution in [3.8, 4) is 0 Å². The minimum Gasteiger partial charge on any atom is -0.340 e. The van der Waals surface area contributed by atoms with Gasteiger partial charge in [-0.2, -0.15) is 5.10 Å². The number of amides is 1. The highest BCUT2D eigenvalue weighted by Crippen LogP contribution is 2.22. The number of pyridine rings is 1. The molecule has 116 valence electrons. The van der Waals surface area contributed by atoms with Crippen molar-refractivity contribution in [2.24, 2.45) is 0 Å². The maximum Gasteiger partial charge on any atom is 0.227 e. The predicted octanol–water partition coefficient (Wildman–Crippen LogP) is 1.84. The summed E-state index contributed by atoms with van der Waals surface area (Å²) in [5.74, 6) is 0.144. The molecular weight excluding hydrogens is 290 g/mol. The van der Waals surface area contributed by atoms with Gasteiger partial charge in [-0.25, -0.2) is 9.67 Å². The van der Waals surface area contributed by atoms with Gasteiger partial charge in [-0.05, 0) is 18.1 Å². The van der Waals surface area contributed by atoms with E-state index in [4.69, 9.17) is 0 Å². The van der Waals surface area contributed by atoms with Crippen molar-refractivity contribution in [2.75, 3.05) is 13.1 Å². The molecule has 0 radical (unpaired) electrons. The van der Waals surface area contributed by atoms with E-state index in [1.54, 1.807) is 12.5 Å². The van der Waals surface area contributed by atoms with Gasteiger partial charge < -0.3 is 4.90 Å². The number of nitrogens with zero attached hydrogens (tertiary/aromatic N) is 5. The summed E-state index contributed by atoms with van der Waals surface area (Å²) < 4.78 is 1.84. The van der Waals surface area contributed by atoms with Gasteiger partial charge in [-0.1, -0.05) is 24.3 Å². The fourth-order valence-corrected chi connectivity index (χ4v) is 3.17. The van der Waals surface area contributed by atoms with Crippen LogP contribution in [0.4, 0.5) is 0 Å². The largest absolute Gasteiger partial charge is 0.340 e. The minimum absolute atomic E-state index is 0.144. The van der Waals surface area contributed by atoms with Gasteiger partial charge in [-0.15, -0.1) is 0 Å². The summed E-state index contributed by atoms with van der Waals surface area (Å²) in [7, 11) is 0. The Morgan fingerprint density at radius 1 is 1.26 bits per heavy atom. The first kappa shape index (κ1) is 13.9. The SMILES string of the molecule is O=C(Cc1cccc2cccnc12)N1CCC(n2cncn2)C1. The average molecular weight is 307 g/mol. The molecule has 1 unspecified atom stereocenters. The highest BCUT2D eigenvalue weighted by atomic mass is 16.2. The van der Waals surface area contributed by atoms with Crippen LogP contribution in [-0.2, 0) is 11.2 Å². The highest BCUT2D eigenvalue weighted by molar-refractivity contribution is 5.87. The first-order valence-electron chi connectivity index (χ1n) is 7.76. The van der Waals surface area contributed by atoms with Crippen molar-refractivity contribution < 1.29 is 4.79 Å². The zero-order chi connectivity index (χ0) is 15.6. The van der Waals surface area contributed by atoms with Gasteiger partial charge in [0.15, 0.2) is 0 Å². The summed E-state index contributed by atoms with van der Waals surface area (Å²) in [5.41, 5.74) is 1.90. The summed E-state index contributed by atoms with van der Waals surface area (Å²) in [6.07, 6.45) is 6.33. The van der Waals surface area contributed by atoms with Crippen LogP contribution in [0.5, 0.6) is 0 Å². The third-order valence-corrected chi connectivity index (χ3v) is 4.38. The van der Waals surface area contributed by atoms with Gasteiger partial charge in [0.1, 0.15) is 12.7 Å². The zero-order valence-electron chi connectivity index (χ0n) is 12.7. The second-order valence-electron chi connectivity index (χ2n) is 5.83. The van der Waals surface area contributed by atoms with Crippen LogP contribution < -0.4 is 0 Å². The molecule has 1 fully saturated rings. The summed E-state index contributed by atoms with van der Waals surface area (Å²) >= 11 is 0. The molecule has 23 heavy (non-hydrogen) atoms. The Morgan fingerprint density at radius 2 is 2.17 bits per heavy atom.